The van der Waals surface area contributed by atoms with E-state index in [0.717, 1.165) is 11.1 Å². The fraction of sp³-hybridized carbons (Fsp3) is 0.227. The number of ether oxygens (including phenoxy) is 2. The lowest BCUT2D eigenvalue weighted by Gasteiger charge is -2.13. The van der Waals surface area contributed by atoms with Gasteiger partial charge in [0.15, 0.2) is 16.7 Å². The van der Waals surface area contributed by atoms with Gasteiger partial charge in [-0.2, -0.15) is 5.10 Å². The summed E-state index contributed by atoms with van der Waals surface area (Å²) < 4.78 is 10.5. The van der Waals surface area contributed by atoms with E-state index in [-0.39, 0.29) is 11.2 Å². The molecule has 1 fully saturated rings. The number of thioether (sulfide) groups is 1. The maximum absolute atomic E-state index is 12.9. The Balaban J connectivity index is 1.79. The fourth-order valence-electron chi connectivity index (χ4n) is 2.99. The minimum absolute atomic E-state index is 0.0685. The van der Waals surface area contributed by atoms with Crippen LogP contribution in [0.4, 0.5) is 0 Å². The Kier molecular flexibility index (Phi) is 8.01. The molecule has 1 unspecified atom stereocenters. The minimum Gasteiger partial charge on any atom is -0.493 e. The second-order valence-corrected chi connectivity index (χ2v) is 8.54. The first-order chi connectivity index (χ1) is 15.0. The Morgan fingerprint density at radius 2 is 1.94 bits per heavy atom. The Morgan fingerprint density at radius 3 is 2.65 bits per heavy atom. The summed E-state index contributed by atoms with van der Waals surface area (Å²) in [5, 5.41) is 9.72. The van der Waals surface area contributed by atoms with Gasteiger partial charge in [0.25, 0.3) is 0 Å². The molecular formula is C22H21Cl2N3O3S. The third-order valence-electron chi connectivity index (χ3n) is 4.50. The van der Waals surface area contributed by atoms with Crippen LogP contribution in [0.3, 0.4) is 0 Å². The average Bonchev–Trinajstić information content (AvgIpc) is 3.05. The van der Waals surface area contributed by atoms with Gasteiger partial charge in [-0.3, -0.25) is 9.69 Å². The third-order valence-corrected chi connectivity index (χ3v) is 6.27. The molecule has 162 valence electrons. The number of carbonyl (C=O) groups is 1. The Morgan fingerprint density at radius 1 is 1.16 bits per heavy atom. The number of halogens is 2. The monoisotopic (exact) mass is 477 g/mol. The van der Waals surface area contributed by atoms with E-state index in [1.165, 1.54) is 11.8 Å². The molecule has 2 aromatic rings. The highest BCUT2D eigenvalue weighted by Gasteiger charge is 2.37. The molecule has 0 saturated carbocycles. The Bertz CT molecular complexity index is 1040. The lowest BCUT2D eigenvalue weighted by Crippen LogP contribution is -2.32. The summed E-state index contributed by atoms with van der Waals surface area (Å²) in [6.07, 6.45) is 3.68. The Hall–Kier alpha value is -2.48. The van der Waals surface area contributed by atoms with Crippen LogP contribution in [0.2, 0.25) is 10.0 Å². The number of nitrogens with zero attached hydrogens (tertiary/aromatic N) is 3. The van der Waals surface area contributed by atoms with Crippen LogP contribution in [0.1, 0.15) is 11.1 Å². The van der Waals surface area contributed by atoms with E-state index < -0.39 is 0 Å². The molecule has 3 rings (SSSR count). The topological polar surface area (TPSA) is 63.5 Å². The zero-order chi connectivity index (χ0) is 22.4. The molecule has 0 aliphatic carbocycles. The summed E-state index contributed by atoms with van der Waals surface area (Å²) in [4.78, 5) is 14.5. The summed E-state index contributed by atoms with van der Waals surface area (Å²) in [5.41, 5.74) is 1.60. The van der Waals surface area contributed by atoms with E-state index in [0.29, 0.717) is 39.7 Å². The van der Waals surface area contributed by atoms with Crippen molar-refractivity contribution < 1.29 is 14.3 Å². The fourth-order valence-corrected chi connectivity index (χ4v) is 4.51. The predicted octanol–water partition coefficient (Wildman–Crippen LogP) is 5.07. The van der Waals surface area contributed by atoms with Gasteiger partial charge in [0, 0.05) is 16.6 Å². The molecule has 1 amide bonds. The maximum atomic E-state index is 12.9. The first kappa shape index (κ1) is 23.2. The minimum atomic E-state index is -0.369. The highest BCUT2D eigenvalue weighted by molar-refractivity contribution is 8.15. The van der Waals surface area contributed by atoms with Crippen molar-refractivity contribution in [3.63, 3.8) is 0 Å². The second kappa shape index (κ2) is 10.7. The number of hydrogen-bond donors (Lipinski definition) is 0. The van der Waals surface area contributed by atoms with Crippen molar-refractivity contribution in [2.24, 2.45) is 10.2 Å². The number of rotatable bonds is 8. The molecule has 1 saturated heterocycles. The van der Waals surface area contributed by atoms with Crippen LogP contribution < -0.4 is 9.47 Å². The van der Waals surface area contributed by atoms with E-state index in [9.17, 15) is 4.79 Å². The molecule has 0 radical (unpaired) electrons. The molecule has 6 nitrogen and oxygen atoms in total. The van der Waals surface area contributed by atoms with Crippen molar-refractivity contribution in [1.82, 2.24) is 4.90 Å². The summed E-state index contributed by atoms with van der Waals surface area (Å²) in [5.74, 6) is 1.15. The van der Waals surface area contributed by atoms with Gasteiger partial charge in [-0.1, -0.05) is 41.0 Å². The van der Waals surface area contributed by atoms with Crippen molar-refractivity contribution in [3.05, 3.63) is 70.2 Å². The third kappa shape index (κ3) is 5.61. The standard InChI is InChI=1S/C22H21Cl2N3O3S/c1-4-9-27-21(28)20(12-15-11-16(23)6-7-17(15)24)31-22(27)26-25-13-14-5-8-18(29-2)19(10-14)30-3/h4-8,10-11,13,20H,1,9,12H2,2-3H3/b25-13+,26-22+. The summed E-state index contributed by atoms with van der Waals surface area (Å²) in [6, 6.07) is 10.6. The lowest BCUT2D eigenvalue weighted by atomic mass is 10.1. The molecule has 1 heterocycles. The number of carbonyl (C=O) groups excluding carboxylic acids is 1. The molecule has 0 aromatic heterocycles. The van der Waals surface area contributed by atoms with Gasteiger partial charge in [-0.05, 0) is 53.9 Å². The molecule has 1 aliphatic rings. The van der Waals surface area contributed by atoms with Gasteiger partial charge >= 0.3 is 0 Å². The molecule has 31 heavy (non-hydrogen) atoms. The highest BCUT2D eigenvalue weighted by Crippen LogP contribution is 2.32. The van der Waals surface area contributed by atoms with Crippen LogP contribution in [-0.4, -0.2) is 48.2 Å². The second-order valence-electron chi connectivity index (χ2n) is 6.53. The molecule has 2 aromatic carbocycles. The summed E-state index contributed by atoms with van der Waals surface area (Å²) >= 11 is 13.7. The normalized spacial score (nSPS) is 17.5. The largest absolute Gasteiger partial charge is 0.493 e. The number of amides is 1. The summed E-state index contributed by atoms with van der Waals surface area (Å²) in [6.45, 7) is 4.07. The zero-order valence-electron chi connectivity index (χ0n) is 17.0. The number of methoxy groups -OCH3 is 2. The van der Waals surface area contributed by atoms with Gasteiger partial charge in [-0.15, -0.1) is 11.7 Å². The maximum Gasteiger partial charge on any atom is 0.242 e. The highest BCUT2D eigenvalue weighted by atomic mass is 35.5. The van der Waals surface area contributed by atoms with Crippen molar-refractivity contribution in [1.29, 1.82) is 0 Å². The predicted molar refractivity (Wildman–Crippen MR) is 128 cm³/mol. The van der Waals surface area contributed by atoms with Crippen LogP contribution in [-0.2, 0) is 11.2 Å². The van der Waals surface area contributed by atoms with E-state index >= 15 is 0 Å². The number of hydrogen-bond acceptors (Lipinski definition) is 6. The van der Waals surface area contributed by atoms with Gasteiger partial charge in [0.05, 0.1) is 25.7 Å². The molecule has 1 aliphatic heterocycles. The van der Waals surface area contributed by atoms with Gasteiger partial charge in [0.2, 0.25) is 5.91 Å². The molecular weight excluding hydrogens is 457 g/mol. The van der Waals surface area contributed by atoms with Gasteiger partial charge < -0.3 is 9.47 Å². The van der Waals surface area contributed by atoms with Crippen LogP contribution in [0.5, 0.6) is 11.5 Å². The van der Waals surface area contributed by atoms with E-state index in [1.54, 1.807) is 61.7 Å². The summed E-state index contributed by atoms with van der Waals surface area (Å²) in [7, 11) is 3.15. The zero-order valence-corrected chi connectivity index (χ0v) is 19.4. The number of amidine groups is 1. The van der Waals surface area contributed by atoms with Crippen LogP contribution in [0, 0.1) is 0 Å². The van der Waals surface area contributed by atoms with Crippen LogP contribution in [0.15, 0.2) is 59.3 Å². The first-order valence-corrected chi connectivity index (χ1v) is 11.0. The van der Waals surface area contributed by atoms with Crippen LogP contribution >= 0.6 is 35.0 Å². The quantitative estimate of drug-likeness (QED) is 0.302. The lowest BCUT2D eigenvalue weighted by molar-refractivity contribution is -0.125. The average molecular weight is 478 g/mol. The van der Waals surface area contributed by atoms with Crippen molar-refractivity contribution in [3.8, 4) is 11.5 Å². The smallest absolute Gasteiger partial charge is 0.242 e. The molecule has 1 atom stereocenters. The molecule has 0 N–H and O–H groups in total. The Labute approximate surface area is 195 Å². The van der Waals surface area contributed by atoms with Gasteiger partial charge in [-0.25, -0.2) is 0 Å². The van der Waals surface area contributed by atoms with Crippen molar-refractivity contribution in [2.45, 2.75) is 11.7 Å². The van der Waals surface area contributed by atoms with Gasteiger partial charge in [0.1, 0.15) is 0 Å². The molecule has 9 heteroatoms. The SMILES string of the molecule is C=CCN1C(=O)C(Cc2cc(Cl)ccc2Cl)S/C1=N/N=C/c1ccc(OC)c(OC)c1. The molecule has 0 bridgehead atoms. The first-order valence-electron chi connectivity index (χ1n) is 9.32. The van der Waals surface area contributed by atoms with Crippen molar-refractivity contribution in [2.75, 3.05) is 20.8 Å². The van der Waals surface area contributed by atoms with Crippen LogP contribution in [0.25, 0.3) is 0 Å². The molecule has 0 spiro atoms. The van der Waals surface area contributed by atoms with E-state index in [2.05, 4.69) is 16.8 Å². The van der Waals surface area contributed by atoms with Crippen molar-refractivity contribution >= 4 is 52.3 Å². The number of benzene rings is 2. The van der Waals surface area contributed by atoms with E-state index in [1.807, 2.05) is 6.07 Å². The van der Waals surface area contributed by atoms with E-state index in [4.69, 9.17) is 32.7 Å².